The summed E-state index contributed by atoms with van der Waals surface area (Å²) < 4.78 is 5.39. The SMILES string of the molecule is COC(C)(C)CNC(=O)C1(c2ccccc2)CCNCC1. The number of methoxy groups -OCH3 is 1. The summed E-state index contributed by atoms with van der Waals surface area (Å²) in [7, 11) is 1.67. The van der Waals surface area contributed by atoms with Crippen LogP contribution in [-0.2, 0) is 14.9 Å². The summed E-state index contributed by atoms with van der Waals surface area (Å²) in [6.07, 6.45) is 1.66. The maximum absolute atomic E-state index is 12.9. The molecule has 2 rings (SSSR count). The third-order valence-electron chi connectivity index (χ3n) is 4.45. The summed E-state index contributed by atoms with van der Waals surface area (Å²) in [5.74, 6) is 0.111. The van der Waals surface area contributed by atoms with E-state index in [-0.39, 0.29) is 11.5 Å². The minimum absolute atomic E-state index is 0.111. The fourth-order valence-electron chi connectivity index (χ4n) is 2.79. The highest BCUT2D eigenvalue weighted by Crippen LogP contribution is 2.33. The number of piperidine rings is 1. The molecule has 4 heteroatoms. The molecule has 2 N–H and O–H groups in total. The van der Waals surface area contributed by atoms with Crippen LogP contribution in [0.15, 0.2) is 30.3 Å². The van der Waals surface area contributed by atoms with Crippen molar-refractivity contribution in [1.29, 1.82) is 0 Å². The lowest BCUT2D eigenvalue weighted by Gasteiger charge is -2.37. The number of hydrogen-bond donors (Lipinski definition) is 2. The number of nitrogens with one attached hydrogen (secondary N) is 2. The molecule has 21 heavy (non-hydrogen) atoms. The molecule has 0 saturated carbocycles. The van der Waals surface area contributed by atoms with Crippen LogP contribution < -0.4 is 10.6 Å². The Morgan fingerprint density at radius 2 is 1.90 bits per heavy atom. The van der Waals surface area contributed by atoms with Gasteiger partial charge in [-0.3, -0.25) is 4.79 Å². The Balaban J connectivity index is 2.18. The van der Waals surface area contributed by atoms with Crippen molar-refractivity contribution in [3.63, 3.8) is 0 Å². The molecule has 0 radical (unpaired) electrons. The van der Waals surface area contributed by atoms with Gasteiger partial charge in [0, 0.05) is 13.7 Å². The quantitative estimate of drug-likeness (QED) is 0.870. The van der Waals surface area contributed by atoms with Crippen LogP contribution in [0.1, 0.15) is 32.3 Å². The van der Waals surface area contributed by atoms with Crippen molar-refractivity contribution in [3.8, 4) is 0 Å². The van der Waals surface area contributed by atoms with E-state index in [4.69, 9.17) is 4.74 Å². The molecule has 1 amide bonds. The molecule has 1 aliphatic rings. The fraction of sp³-hybridized carbons (Fsp3) is 0.588. The highest BCUT2D eigenvalue weighted by atomic mass is 16.5. The third kappa shape index (κ3) is 3.63. The monoisotopic (exact) mass is 290 g/mol. The predicted octanol–water partition coefficient (Wildman–Crippen LogP) is 1.85. The van der Waals surface area contributed by atoms with Gasteiger partial charge in [-0.05, 0) is 45.3 Å². The van der Waals surface area contributed by atoms with Gasteiger partial charge < -0.3 is 15.4 Å². The van der Waals surface area contributed by atoms with E-state index in [2.05, 4.69) is 22.8 Å². The molecule has 0 aromatic heterocycles. The van der Waals surface area contributed by atoms with Gasteiger partial charge in [0.2, 0.25) is 5.91 Å². The Bertz CT molecular complexity index is 465. The second-order valence-corrected chi connectivity index (χ2v) is 6.34. The van der Waals surface area contributed by atoms with Crippen LogP contribution in [0.4, 0.5) is 0 Å². The van der Waals surface area contributed by atoms with E-state index in [1.54, 1.807) is 7.11 Å². The average molecular weight is 290 g/mol. The molecule has 1 saturated heterocycles. The standard InChI is InChI=1S/C17H26N2O2/c1-16(2,21-3)13-19-15(20)17(9-11-18-12-10-17)14-7-5-4-6-8-14/h4-8,18H,9-13H2,1-3H3,(H,19,20). The van der Waals surface area contributed by atoms with E-state index in [9.17, 15) is 4.79 Å². The van der Waals surface area contributed by atoms with Gasteiger partial charge >= 0.3 is 0 Å². The second kappa shape index (κ2) is 6.58. The van der Waals surface area contributed by atoms with Gasteiger partial charge in [0.05, 0.1) is 11.0 Å². The molecule has 1 aromatic rings. The van der Waals surface area contributed by atoms with Gasteiger partial charge in [0.25, 0.3) is 0 Å². The Morgan fingerprint density at radius 1 is 1.29 bits per heavy atom. The van der Waals surface area contributed by atoms with Gasteiger partial charge in [0.1, 0.15) is 0 Å². The van der Waals surface area contributed by atoms with Gasteiger partial charge in [-0.2, -0.15) is 0 Å². The molecule has 116 valence electrons. The molecule has 0 aliphatic carbocycles. The Hall–Kier alpha value is -1.39. The fourth-order valence-corrected chi connectivity index (χ4v) is 2.79. The average Bonchev–Trinajstić information content (AvgIpc) is 2.54. The van der Waals surface area contributed by atoms with Crippen molar-refractivity contribution in [3.05, 3.63) is 35.9 Å². The van der Waals surface area contributed by atoms with Crippen LogP contribution in [-0.4, -0.2) is 38.3 Å². The predicted molar refractivity (Wildman–Crippen MR) is 84.3 cm³/mol. The molecule has 1 aliphatic heterocycles. The molecule has 0 bridgehead atoms. The number of carbonyl (C=O) groups excluding carboxylic acids is 1. The maximum Gasteiger partial charge on any atom is 0.230 e. The number of amides is 1. The van der Waals surface area contributed by atoms with Gasteiger partial charge in [0.15, 0.2) is 0 Å². The summed E-state index contributed by atoms with van der Waals surface area (Å²) >= 11 is 0. The zero-order valence-corrected chi connectivity index (χ0v) is 13.2. The molecule has 0 spiro atoms. The normalized spacial score (nSPS) is 18.2. The molecule has 1 heterocycles. The lowest BCUT2D eigenvalue weighted by Crippen LogP contribution is -2.53. The Kier molecular flexibility index (Phi) is 5.01. The first-order chi connectivity index (χ1) is 10.0. The van der Waals surface area contributed by atoms with E-state index in [1.165, 1.54) is 0 Å². The molecule has 1 fully saturated rings. The van der Waals surface area contributed by atoms with Crippen molar-refractivity contribution >= 4 is 5.91 Å². The van der Waals surface area contributed by atoms with Crippen molar-refractivity contribution in [1.82, 2.24) is 10.6 Å². The summed E-state index contributed by atoms with van der Waals surface area (Å²) in [5, 5.41) is 6.43. The smallest absolute Gasteiger partial charge is 0.230 e. The lowest BCUT2D eigenvalue weighted by atomic mass is 9.72. The van der Waals surface area contributed by atoms with E-state index in [0.717, 1.165) is 31.5 Å². The topological polar surface area (TPSA) is 50.4 Å². The van der Waals surface area contributed by atoms with E-state index in [0.29, 0.717) is 6.54 Å². The Morgan fingerprint density at radius 3 is 2.48 bits per heavy atom. The van der Waals surface area contributed by atoms with Gasteiger partial charge in [-0.15, -0.1) is 0 Å². The molecular weight excluding hydrogens is 264 g/mol. The number of ether oxygens (including phenoxy) is 1. The van der Waals surface area contributed by atoms with E-state index < -0.39 is 5.41 Å². The van der Waals surface area contributed by atoms with Crippen molar-refractivity contribution < 1.29 is 9.53 Å². The zero-order chi connectivity index (χ0) is 15.3. The van der Waals surface area contributed by atoms with Crippen LogP contribution in [0.25, 0.3) is 0 Å². The third-order valence-corrected chi connectivity index (χ3v) is 4.45. The highest BCUT2D eigenvalue weighted by Gasteiger charge is 2.41. The summed E-state index contributed by atoms with van der Waals surface area (Å²) in [5.41, 5.74) is 0.343. The first-order valence-corrected chi connectivity index (χ1v) is 7.60. The lowest BCUT2D eigenvalue weighted by molar-refractivity contribution is -0.129. The van der Waals surface area contributed by atoms with Gasteiger partial charge in [-0.1, -0.05) is 30.3 Å². The molecule has 1 aromatic carbocycles. The van der Waals surface area contributed by atoms with Crippen molar-refractivity contribution in [2.75, 3.05) is 26.7 Å². The van der Waals surface area contributed by atoms with Crippen LogP contribution in [0.5, 0.6) is 0 Å². The van der Waals surface area contributed by atoms with Gasteiger partial charge in [-0.25, -0.2) is 0 Å². The molecular formula is C17H26N2O2. The second-order valence-electron chi connectivity index (χ2n) is 6.34. The van der Waals surface area contributed by atoms with Crippen LogP contribution >= 0.6 is 0 Å². The number of hydrogen-bond acceptors (Lipinski definition) is 3. The van der Waals surface area contributed by atoms with Crippen LogP contribution in [0.2, 0.25) is 0 Å². The summed E-state index contributed by atoms with van der Waals surface area (Å²) in [6, 6.07) is 10.1. The Labute approximate surface area is 127 Å². The van der Waals surface area contributed by atoms with Crippen molar-refractivity contribution in [2.45, 2.75) is 37.7 Å². The summed E-state index contributed by atoms with van der Waals surface area (Å²) in [6.45, 7) is 6.21. The molecule has 4 nitrogen and oxygen atoms in total. The number of benzene rings is 1. The van der Waals surface area contributed by atoms with Crippen molar-refractivity contribution in [2.24, 2.45) is 0 Å². The first kappa shape index (κ1) is 16.0. The molecule has 0 atom stereocenters. The van der Waals surface area contributed by atoms with E-state index >= 15 is 0 Å². The highest BCUT2D eigenvalue weighted by molar-refractivity contribution is 5.88. The first-order valence-electron chi connectivity index (χ1n) is 7.60. The maximum atomic E-state index is 12.9. The minimum Gasteiger partial charge on any atom is -0.377 e. The van der Waals surface area contributed by atoms with E-state index in [1.807, 2.05) is 32.0 Å². The summed E-state index contributed by atoms with van der Waals surface area (Å²) in [4.78, 5) is 12.9. The van der Waals surface area contributed by atoms with Crippen LogP contribution in [0, 0.1) is 0 Å². The minimum atomic E-state index is -0.420. The number of carbonyl (C=O) groups is 1. The zero-order valence-electron chi connectivity index (χ0n) is 13.2. The molecule has 0 unspecified atom stereocenters. The van der Waals surface area contributed by atoms with Crippen LogP contribution in [0.3, 0.4) is 0 Å². The number of rotatable bonds is 5. The largest absolute Gasteiger partial charge is 0.377 e.